The molecular formula is C15H17F3N6O2. The number of nitrogens with zero attached hydrogens (tertiary/aromatic N) is 6. The third-order valence-electron chi connectivity index (χ3n) is 5.10. The Morgan fingerprint density at radius 3 is 2.81 bits per heavy atom. The maximum Gasteiger partial charge on any atom is 0.405 e. The lowest BCUT2D eigenvalue weighted by molar-refractivity contribution is -0.193. The van der Waals surface area contributed by atoms with E-state index in [9.17, 15) is 18.0 Å². The van der Waals surface area contributed by atoms with Crippen molar-refractivity contribution in [1.82, 2.24) is 30.0 Å². The van der Waals surface area contributed by atoms with Gasteiger partial charge < -0.3 is 9.42 Å². The predicted molar refractivity (Wildman–Crippen MR) is 79.9 cm³/mol. The molecule has 4 rings (SSSR count). The van der Waals surface area contributed by atoms with Crippen molar-refractivity contribution in [1.29, 1.82) is 0 Å². The molecule has 8 nitrogen and oxygen atoms in total. The van der Waals surface area contributed by atoms with Gasteiger partial charge in [0.15, 0.2) is 11.2 Å². The summed E-state index contributed by atoms with van der Waals surface area (Å²) >= 11 is 0. The van der Waals surface area contributed by atoms with Gasteiger partial charge >= 0.3 is 6.18 Å². The summed E-state index contributed by atoms with van der Waals surface area (Å²) in [5.74, 6) is -0.434. The molecule has 0 radical (unpaired) electrons. The second kappa shape index (κ2) is 5.78. The third kappa shape index (κ3) is 2.74. The van der Waals surface area contributed by atoms with E-state index in [2.05, 4.69) is 20.5 Å². The first-order chi connectivity index (χ1) is 12.3. The zero-order valence-electron chi connectivity index (χ0n) is 14.0. The molecule has 11 heteroatoms. The van der Waals surface area contributed by atoms with Gasteiger partial charge in [0.2, 0.25) is 11.8 Å². The maximum absolute atomic E-state index is 13.9. The molecule has 2 fully saturated rings. The van der Waals surface area contributed by atoms with Crippen LogP contribution in [0.15, 0.2) is 10.7 Å². The highest BCUT2D eigenvalue weighted by atomic mass is 19.4. The topological polar surface area (TPSA) is 89.9 Å². The fourth-order valence-electron chi connectivity index (χ4n) is 3.22. The summed E-state index contributed by atoms with van der Waals surface area (Å²) in [6.07, 6.45) is -1.80. The van der Waals surface area contributed by atoms with Crippen LogP contribution in [0.25, 0.3) is 0 Å². The fraction of sp³-hybridized carbons (Fsp3) is 0.667. The van der Waals surface area contributed by atoms with E-state index < -0.39 is 29.9 Å². The van der Waals surface area contributed by atoms with Gasteiger partial charge in [-0.25, -0.2) is 0 Å². The molecule has 1 saturated carbocycles. The first-order valence-electron chi connectivity index (χ1n) is 8.32. The van der Waals surface area contributed by atoms with Crippen molar-refractivity contribution in [3.05, 3.63) is 23.6 Å². The van der Waals surface area contributed by atoms with Crippen LogP contribution in [0.3, 0.4) is 0 Å². The number of likely N-dealkylation sites (tertiary alicyclic amines) is 1. The summed E-state index contributed by atoms with van der Waals surface area (Å²) in [4.78, 5) is 17.7. The van der Waals surface area contributed by atoms with E-state index in [1.807, 2.05) is 0 Å². The summed E-state index contributed by atoms with van der Waals surface area (Å²) in [5.41, 5.74) is -1.78. The summed E-state index contributed by atoms with van der Waals surface area (Å²) in [6, 6.07) is 0. The lowest BCUT2D eigenvalue weighted by atomic mass is 9.86. The Morgan fingerprint density at radius 2 is 2.19 bits per heavy atom. The molecule has 2 aromatic heterocycles. The summed E-state index contributed by atoms with van der Waals surface area (Å²) in [5, 5.41) is 11.1. The van der Waals surface area contributed by atoms with Gasteiger partial charge in [-0.05, 0) is 19.3 Å². The van der Waals surface area contributed by atoms with Crippen molar-refractivity contribution >= 4 is 5.91 Å². The largest absolute Gasteiger partial charge is 0.405 e. The Hall–Kier alpha value is -2.46. The van der Waals surface area contributed by atoms with E-state index in [0.29, 0.717) is 11.5 Å². The van der Waals surface area contributed by atoms with Crippen molar-refractivity contribution in [2.24, 2.45) is 7.05 Å². The van der Waals surface area contributed by atoms with E-state index >= 15 is 0 Å². The minimum Gasteiger partial charge on any atom is -0.341 e. The standard InChI is InChI=1S/C15H17F3N6O2/c1-23-10(7-19-22-23)6-11(25)24-5-4-14(8-24,15(16,17)18)13-20-12(21-26-13)9-2-3-9/h7,9H,2-6,8H2,1H3. The second-order valence-corrected chi connectivity index (χ2v) is 6.90. The van der Waals surface area contributed by atoms with Crippen LogP contribution in [0.4, 0.5) is 13.2 Å². The molecule has 1 amide bonds. The average Bonchev–Trinajstić information content (AvgIpc) is 2.99. The number of carbonyl (C=O) groups is 1. The molecule has 0 aromatic carbocycles. The third-order valence-corrected chi connectivity index (χ3v) is 5.10. The first-order valence-corrected chi connectivity index (χ1v) is 8.32. The number of halogens is 3. The van der Waals surface area contributed by atoms with Gasteiger partial charge in [-0.15, -0.1) is 5.10 Å². The summed E-state index contributed by atoms with van der Waals surface area (Å²) in [6.45, 7) is -0.544. The van der Waals surface area contributed by atoms with E-state index in [1.165, 1.54) is 15.8 Å². The van der Waals surface area contributed by atoms with Crippen LogP contribution in [0.2, 0.25) is 0 Å². The SMILES string of the molecule is Cn1nncc1CC(=O)N1CCC(c2nc(C3CC3)no2)(C(F)(F)F)C1. The Kier molecular flexibility index (Phi) is 3.77. The second-order valence-electron chi connectivity index (χ2n) is 6.90. The van der Waals surface area contributed by atoms with Crippen molar-refractivity contribution in [3.8, 4) is 0 Å². The molecule has 1 aliphatic heterocycles. The predicted octanol–water partition coefficient (Wildman–Crippen LogP) is 1.35. The lowest BCUT2D eigenvalue weighted by Crippen LogP contribution is -2.46. The van der Waals surface area contributed by atoms with Crippen molar-refractivity contribution in [2.75, 3.05) is 13.1 Å². The lowest BCUT2D eigenvalue weighted by Gasteiger charge is -2.28. The number of aromatic nitrogens is 5. The number of amides is 1. The van der Waals surface area contributed by atoms with Crippen molar-refractivity contribution < 1.29 is 22.5 Å². The van der Waals surface area contributed by atoms with Crippen LogP contribution in [-0.2, 0) is 23.7 Å². The quantitative estimate of drug-likeness (QED) is 0.807. The van der Waals surface area contributed by atoms with Crippen LogP contribution >= 0.6 is 0 Å². The van der Waals surface area contributed by atoms with Gasteiger partial charge in [0.1, 0.15) is 0 Å². The molecule has 1 aliphatic carbocycles. The molecule has 0 spiro atoms. The van der Waals surface area contributed by atoms with Crippen molar-refractivity contribution in [3.63, 3.8) is 0 Å². The molecule has 1 unspecified atom stereocenters. The fourth-order valence-corrected chi connectivity index (χ4v) is 3.22. The van der Waals surface area contributed by atoms with E-state index in [-0.39, 0.29) is 25.3 Å². The number of alkyl halides is 3. The van der Waals surface area contributed by atoms with Gasteiger partial charge in [0.25, 0.3) is 0 Å². The molecule has 0 bridgehead atoms. The molecule has 26 heavy (non-hydrogen) atoms. The molecule has 2 aromatic rings. The Morgan fingerprint density at radius 1 is 1.42 bits per heavy atom. The molecule has 1 saturated heterocycles. The van der Waals surface area contributed by atoms with Crippen LogP contribution in [0.5, 0.6) is 0 Å². The summed E-state index contributed by atoms with van der Waals surface area (Å²) < 4.78 is 48.2. The highest BCUT2D eigenvalue weighted by Gasteiger charge is 2.63. The summed E-state index contributed by atoms with van der Waals surface area (Å²) in [7, 11) is 1.62. The molecule has 1 atom stereocenters. The van der Waals surface area contributed by atoms with E-state index in [4.69, 9.17) is 4.52 Å². The molecular weight excluding hydrogens is 353 g/mol. The highest BCUT2D eigenvalue weighted by molar-refractivity contribution is 5.78. The van der Waals surface area contributed by atoms with Crippen LogP contribution in [-0.4, -0.2) is 55.2 Å². The number of hydrogen-bond donors (Lipinski definition) is 0. The Bertz CT molecular complexity index is 827. The van der Waals surface area contributed by atoms with Gasteiger partial charge in [-0.2, -0.15) is 18.2 Å². The molecule has 0 N–H and O–H groups in total. The van der Waals surface area contributed by atoms with Gasteiger partial charge in [-0.1, -0.05) is 10.4 Å². The average molecular weight is 370 g/mol. The Balaban J connectivity index is 1.56. The van der Waals surface area contributed by atoms with Crippen LogP contribution in [0, 0.1) is 0 Å². The smallest absolute Gasteiger partial charge is 0.341 e. The molecule has 140 valence electrons. The Labute approximate surface area is 146 Å². The van der Waals surface area contributed by atoms with Gasteiger partial charge in [-0.3, -0.25) is 9.48 Å². The van der Waals surface area contributed by atoms with Crippen molar-refractivity contribution in [2.45, 2.75) is 43.2 Å². The number of hydrogen-bond acceptors (Lipinski definition) is 6. The maximum atomic E-state index is 13.9. The zero-order valence-corrected chi connectivity index (χ0v) is 14.0. The van der Waals surface area contributed by atoms with E-state index in [0.717, 1.165) is 12.8 Å². The minimum atomic E-state index is -4.59. The first kappa shape index (κ1) is 17.0. The monoisotopic (exact) mass is 370 g/mol. The zero-order chi connectivity index (χ0) is 18.5. The van der Waals surface area contributed by atoms with Gasteiger partial charge in [0, 0.05) is 26.1 Å². The normalized spacial score (nSPS) is 23.6. The highest BCUT2D eigenvalue weighted by Crippen LogP contribution is 2.48. The molecule has 2 aliphatic rings. The van der Waals surface area contributed by atoms with Crippen LogP contribution in [0.1, 0.15) is 42.6 Å². The van der Waals surface area contributed by atoms with Crippen LogP contribution < -0.4 is 0 Å². The van der Waals surface area contributed by atoms with E-state index in [1.54, 1.807) is 7.05 Å². The number of aryl methyl sites for hydroxylation is 1. The number of carbonyl (C=O) groups excluding carboxylic acids is 1. The minimum absolute atomic E-state index is 0.0231. The number of rotatable bonds is 4. The molecule has 3 heterocycles. The van der Waals surface area contributed by atoms with Gasteiger partial charge in [0.05, 0.1) is 18.3 Å².